The van der Waals surface area contributed by atoms with Crippen molar-refractivity contribution in [3.8, 4) is 33.9 Å². The number of benzene rings is 1. The maximum atomic E-state index is 4.88. The average molecular weight is 390 g/mol. The molecule has 0 aliphatic carbocycles. The highest BCUT2D eigenvalue weighted by Gasteiger charge is 2.16. The topological polar surface area (TPSA) is 109 Å². The molecule has 142 valence electrons. The Morgan fingerprint density at radius 3 is 2.53 bits per heavy atom. The molecule has 30 heavy (non-hydrogen) atoms. The van der Waals surface area contributed by atoms with Crippen LogP contribution >= 0.6 is 0 Å². The van der Waals surface area contributed by atoms with Crippen molar-refractivity contribution in [2.75, 3.05) is 0 Å². The molecule has 0 amide bonds. The highest BCUT2D eigenvalue weighted by Crippen LogP contribution is 2.32. The van der Waals surface area contributed by atoms with Crippen LogP contribution in [0, 0.1) is 0 Å². The third-order valence-electron chi connectivity index (χ3n) is 5.03. The summed E-state index contributed by atoms with van der Waals surface area (Å²) in [5.74, 6) is 0.694. The van der Waals surface area contributed by atoms with Gasteiger partial charge in [-0.25, -0.2) is 15.0 Å². The van der Waals surface area contributed by atoms with Gasteiger partial charge in [0.2, 0.25) is 0 Å². The largest absolute Gasteiger partial charge is 0.337 e. The first-order valence-corrected chi connectivity index (χ1v) is 9.36. The molecule has 0 saturated carbocycles. The predicted molar refractivity (Wildman–Crippen MR) is 113 cm³/mol. The Labute approximate surface area is 170 Å². The number of aromatic nitrogens is 8. The zero-order chi connectivity index (χ0) is 19.9. The van der Waals surface area contributed by atoms with Crippen molar-refractivity contribution >= 4 is 21.9 Å². The van der Waals surface area contributed by atoms with Crippen molar-refractivity contribution in [2.45, 2.75) is 0 Å². The maximum Gasteiger partial charge on any atom is 0.159 e. The minimum atomic E-state index is 0.694. The van der Waals surface area contributed by atoms with Crippen LogP contribution in [0.4, 0.5) is 0 Å². The van der Waals surface area contributed by atoms with Crippen LogP contribution in [0.15, 0.2) is 73.7 Å². The van der Waals surface area contributed by atoms with Gasteiger partial charge in [0.1, 0.15) is 12.0 Å². The zero-order valence-corrected chi connectivity index (χ0v) is 15.6. The number of H-pyrrole nitrogens is 2. The van der Waals surface area contributed by atoms with Gasteiger partial charge in [0.15, 0.2) is 5.82 Å². The number of imidazole rings is 1. The second-order valence-corrected chi connectivity index (χ2v) is 6.84. The lowest BCUT2D eigenvalue weighted by atomic mass is 10.1. The highest BCUT2D eigenvalue weighted by atomic mass is 15.1. The minimum Gasteiger partial charge on any atom is -0.337 e. The second kappa shape index (κ2) is 6.56. The average Bonchev–Trinajstić information content (AvgIpc) is 3.43. The van der Waals surface area contributed by atoms with Crippen LogP contribution in [0.3, 0.4) is 0 Å². The second-order valence-electron chi connectivity index (χ2n) is 6.84. The summed E-state index contributed by atoms with van der Waals surface area (Å²) < 4.78 is 0. The predicted octanol–water partition coefficient (Wildman–Crippen LogP) is 4.02. The number of nitrogens with one attached hydrogen (secondary N) is 2. The van der Waals surface area contributed by atoms with Crippen molar-refractivity contribution in [1.82, 2.24) is 40.1 Å². The summed E-state index contributed by atoms with van der Waals surface area (Å²) in [5, 5.41) is 8.47. The smallest absolute Gasteiger partial charge is 0.159 e. The monoisotopic (exact) mass is 390 g/mol. The van der Waals surface area contributed by atoms with E-state index in [9.17, 15) is 0 Å². The molecule has 0 saturated heterocycles. The van der Waals surface area contributed by atoms with Gasteiger partial charge in [-0.1, -0.05) is 12.1 Å². The fourth-order valence-corrected chi connectivity index (χ4v) is 3.60. The first-order valence-electron chi connectivity index (χ1n) is 9.36. The fraction of sp³-hybridized carbons (Fsp3) is 0. The van der Waals surface area contributed by atoms with Gasteiger partial charge >= 0.3 is 0 Å². The molecular weight excluding hydrogens is 376 g/mol. The van der Waals surface area contributed by atoms with Crippen LogP contribution in [0.1, 0.15) is 0 Å². The maximum absolute atomic E-state index is 4.88. The van der Waals surface area contributed by atoms with E-state index in [0.717, 1.165) is 50.0 Å². The normalized spacial score (nSPS) is 11.3. The van der Waals surface area contributed by atoms with Gasteiger partial charge in [-0.15, -0.1) is 0 Å². The first kappa shape index (κ1) is 16.5. The summed E-state index contributed by atoms with van der Waals surface area (Å²) in [7, 11) is 0. The third kappa shape index (κ3) is 2.62. The van der Waals surface area contributed by atoms with Gasteiger partial charge in [-0.05, 0) is 29.8 Å². The van der Waals surface area contributed by atoms with Gasteiger partial charge in [0, 0.05) is 41.3 Å². The molecule has 0 bridgehead atoms. The number of nitrogens with zero attached hydrogens (tertiary/aromatic N) is 6. The lowest BCUT2D eigenvalue weighted by molar-refractivity contribution is 1.10. The standard InChI is InChI=1S/C22H14N8/c1-2-15(13-4-6-23-7-5-13)20-17(3-1)27-22(28-20)21-16-8-18(14-9-24-12-25-10-14)26-11-19(16)29-30-21/h1-12H,(H,27,28)(H,29,30). The van der Waals surface area contributed by atoms with Crippen LogP contribution in [0.2, 0.25) is 0 Å². The molecule has 0 aliphatic rings. The molecule has 5 heterocycles. The lowest BCUT2D eigenvalue weighted by Gasteiger charge is -2.01. The highest BCUT2D eigenvalue weighted by molar-refractivity contribution is 5.97. The zero-order valence-electron chi connectivity index (χ0n) is 15.6. The molecule has 6 rings (SSSR count). The van der Waals surface area contributed by atoms with Crippen LogP contribution in [0.5, 0.6) is 0 Å². The number of aromatic amines is 2. The number of para-hydroxylation sites is 1. The van der Waals surface area contributed by atoms with E-state index < -0.39 is 0 Å². The number of hydrogen-bond acceptors (Lipinski definition) is 6. The van der Waals surface area contributed by atoms with Crippen molar-refractivity contribution in [3.63, 3.8) is 0 Å². The van der Waals surface area contributed by atoms with Gasteiger partial charge in [-0.2, -0.15) is 5.10 Å². The van der Waals surface area contributed by atoms with Crippen molar-refractivity contribution < 1.29 is 0 Å². The van der Waals surface area contributed by atoms with E-state index in [1.807, 2.05) is 30.3 Å². The van der Waals surface area contributed by atoms with Gasteiger partial charge in [0.05, 0.1) is 28.4 Å². The van der Waals surface area contributed by atoms with Crippen molar-refractivity contribution in [2.24, 2.45) is 0 Å². The van der Waals surface area contributed by atoms with Crippen LogP contribution < -0.4 is 0 Å². The summed E-state index contributed by atoms with van der Waals surface area (Å²) in [6.45, 7) is 0. The number of rotatable bonds is 3. The van der Waals surface area contributed by atoms with Crippen LogP contribution in [-0.4, -0.2) is 40.1 Å². The van der Waals surface area contributed by atoms with E-state index in [1.165, 1.54) is 6.33 Å². The number of hydrogen-bond donors (Lipinski definition) is 2. The van der Waals surface area contributed by atoms with Crippen LogP contribution in [-0.2, 0) is 0 Å². The Bertz CT molecular complexity index is 1490. The molecule has 8 heteroatoms. The summed E-state index contributed by atoms with van der Waals surface area (Å²) in [6, 6.07) is 12.0. The first-order chi connectivity index (χ1) is 14.9. The Morgan fingerprint density at radius 1 is 0.800 bits per heavy atom. The Hall–Kier alpha value is -4.46. The molecule has 6 aromatic rings. The summed E-state index contributed by atoms with van der Waals surface area (Å²) >= 11 is 0. The van der Waals surface area contributed by atoms with Gasteiger partial charge in [-0.3, -0.25) is 15.1 Å². The van der Waals surface area contributed by atoms with Gasteiger partial charge < -0.3 is 4.98 Å². The molecule has 0 unspecified atom stereocenters. The van der Waals surface area contributed by atoms with Crippen molar-refractivity contribution in [1.29, 1.82) is 0 Å². The molecule has 0 aliphatic heterocycles. The molecule has 0 spiro atoms. The lowest BCUT2D eigenvalue weighted by Crippen LogP contribution is -1.87. The quantitative estimate of drug-likeness (QED) is 0.472. The van der Waals surface area contributed by atoms with E-state index in [-0.39, 0.29) is 0 Å². The van der Waals surface area contributed by atoms with E-state index in [2.05, 4.69) is 41.2 Å². The SMILES string of the molecule is c1cc(-c2ccncc2)c2nc(-c3n[nH]c4cnc(-c5cncnc5)cc34)[nH]c2c1. The summed E-state index contributed by atoms with van der Waals surface area (Å²) in [4.78, 5) is 25.0. The molecule has 1 aromatic carbocycles. The van der Waals surface area contributed by atoms with Gasteiger partial charge in [0.25, 0.3) is 0 Å². The minimum absolute atomic E-state index is 0.694. The molecule has 0 radical (unpaired) electrons. The molecule has 8 nitrogen and oxygen atoms in total. The molecular formula is C22H14N8. The summed E-state index contributed by atoms with van der Waals surface area (Å²) in [6.07, 6.45) is 10.3. The molecule has 0 atom stereocenters. The van der Waals surface area contributed by atoms with E-state index >= 15 is 0 Å². The van der Waals surface area contributed by atoms with E-state index in [0.29, 0.717) is 5.82 Å². The van der Waals surface area contributed by atoms with E-state index in [1.54, 1.807) is 31.0 Å². The molecule has 5 aromatic heterocycles. The Kier molecular flexibility index (Phi) is 3.60. The van der Waals surface area contributed by atoms with Crippen LogP contribution in [0.25, 0.3) is 55.8 Å². The van der Waals surface area contributed by atoms with Crippen molar-refractivity contribution in [3.05, 3.63) is 73.7 Å². The Morgan fingerprint density at radius 2 is 1.67 bits per heavy atom. The molecule has 0 fully saturated rings. The number of pyridine rings is 2. The van der Waals surface area contributed by atoms with E-state index in [4.69, 9.17) is 4.98 Å². The third-order valence-corrected chi connectivity index (χ3v) is 5.03. The fourth-order valence-electron chi connectivity index (χ4n) is 3.60. The number of fused-ring (bicyclic) bond motifs is 2. The Balaban J connectivity index is 1.52. The summed E-state index contributed by atoms with van der Waals surface area (Å²) in [5.41, 5.74) is 7.14. The molecule has 2 N–H and O–H groups in total.